The molecule has 166 valence electrons. The van der Waals surface area contributed by atoms with Crippen LogP contribution in [0.2, 0.25) is 5.02 Å². The van der Waals surface area contributed by atoms with Crippen LogP contribution in [0.3, 0.4) is 0 Å². The summed E-state index contributed by atoms with van der Waals surface area (Å²) in [6, 6.07) is 21.7. The molecule has 8 heteroatoms. The SMILES string of the molecule is NC(=O)c1cccc(-c2ccc(Oc3ccc(F)cc3)c(COc3ccc(Cl)cc3I)c2)n1. The van der Waals surface area contributed by atoms with E-state index < -0.39 is 5.91 Å². The zero-order chi connectivity index (χ0) is 23.4. The van der Waals surface area contributed by atoms with Crippen molar-refractivity contribution in [3.05, 3.63) is 105 Å². The second-order valence-electron chi connectivity index (χ2n) is 7.01. The topological polar surface area (TPSA) is 74.4 Å². The normalized spacial score (nSPS) is 10.6. The van der Waals surface area contributed by atoms with Crippen LogP contribution in [-0.4, -0.2) is 10.9 Å². The van der Waals surface area contributed by atoms with E-state index in [2.05, 4.69) is 27.6 Å². The van der Waals surface area contributed by atoms with Crippen LogP contribution < -0.4 is 15.2 Å². The molecule has 0 spiro atoms. The third kappa shape index (κ3) is 5.80. The highest BCUT2D eigenvalue weighted by molar-refractivity contribution is 14.1. The number of primary amides is 1. The maximum absolute atomic E-state index is 13.3. The molecule has 2 N–H and O–H groups in total. The maximum atomic E-state index is 13.3. The fraction of sp³-hybridized carbons (Fsp3) is 0.0400. The highest BCUT2D eigenvalue weighted by Crippen LogP contribution is 2.32. The number of nitrogens with zero attached hydrogens (tertiary/aromatic N) is 1. The minimum atomic E-state index is -0.603. The second kappa shape index (κ2) is 10.2. The predicted octanol–water partition coefficient (Wildman–Crippen LogP) is 6.62. The first-order valence-electron chi connectivity index (χ1n) is 9.80. The molecule has 4 rings (SSSR count). The predicted molar refractivity (Wildman–Crippen MR) is 133 cm³/mol. The molecule has 1 heterocycles. The molecule has 0 aliphatic carbocycles. The molecular weight excluding hydrogens is 558 g/mol. The Labute approximate surface area is 208 Å². The molecular formula is C25H17ClFIN2O3. The number of carbonyl (C=O) groups excluding carboxylic acids is 1. The molecule has 3 aromatic carbocycles. The van der Waals surface area contributed by atoms with Crippen molar-refractivity contribution in [2.75, 3.05) is 0 Å². The molecule has 0 saturated carbocycles. The largest absolute Gasteiger partial charge is 0.488 e. The van der Waals surface area contributed by atoms with Crippen molar-refractivity contribution in [1.29, 1.82) is 0 Å². The van der Waals surface area contributed by atoms with E-state index in [0.29, 0.717) is 28.0 Å². The van der Waals surface area contributed by atoms with Crippen LogP contribution in [0.1, 0.15) is 16.1 Å². The highest BCUT2D eigenvalue weighted by atomic mass is 127. The first kappa shape index (κ1) is 23.0. The molecule has 1 aromatic heterocycles. The van der Waals surface area contributed by atoms with E-state index in [4.69, 9.17) is 26.8 Å². The summed E-state index contributed by atoms with van der Waals surface area (Å²) < 4.78 is 26.2. The van der Waals surface area contributed by atoms with Crippen LogP contribution in [0.15, 0.2) is 78.9 Å². The summed E-state index contributed by atoms with van der Waals surface area (Å²) in [6.07, 6.45) is 0. The number of carbonyl (C=O) groups is 1. The molecule has 0 unspecified atom stereocenters. The molecule has 4 aromatic rings. The smallest absolute Gasteiger partial charge is 0.267 e. The summed E-state index contributed by atoms with van der Waals surface area (Å²) in [5, 5.41) is 0.620. The quantitative estimate of drug-likeness (QED) is 0.252. The number of pyridine rings is 1. The molecule has 1 amide bonds. The summed E-state index contributed by atoms with van der Waals surface area (Å²) >= 11 is 8.19. The molecule has 0 saturated heterocycles. The zero-order valence-corrected chi connectivity index (χ0v) is 20.0. The van der Waals surface area contributed by atoms with Crippen LogP contribution >= 0.6 is 34.2 Å². The van der Waals surface area contributed by atoms with Gasteiger partial charge in [0.2, 0.25) is 0 Å². The Kier molecular flexibility index (Phi) is 7.10. The molecule has 0 aliphatic heterocycles. The number of rotatable bonds is 7. The van der Waals surface area contributed by atoms with Gasteiger partial charge in [-0.3, -0.25) is 4.79 Å². The van der Waals surface area contributed by atoms with Gasteiger partial charge >= 0.3 is 0 Å². The van der Waals surface area contributed by atoms with Gasteiger partial charge in [-0.25, -0.2) is 9.37 Å². The minimum Gasteiger partial charge on any atom is -0.488 e. The van der Waals surface area contributed by atoms with Crippen molar-refractivity contribution in [2.45, 2.75) is 6.61 Å². The van der Waals surface area contributed by atoms with Crippen molar-refractivity contribution in [2.24, 2.45) is 5.73 Å². The molecule has 0 bridgehead atoms. The Bertz CT molecular complexity index is 1320. The van der Waals surface area contributed by atoms with Gasteiger partial charge in [0.25, 0.3) is 5.91 Å². The fourth-order valence-corrected chi connectivity index (χ4v) is 4.09. The van der Waals surface area contributed by atoms with E-state index in [-0.39, 0.29) is 18.1 Å². The maximum Gasteiger partial charge on any atom is 0.267 e. The average Bonchev–Trinajstić information content (AvgIpc) is 2.81. The summed E-state index contributed by atoms with van der Waals surface area (Å²) in [5.74, 6) is 0.751. The van der Waals surface area contributed by atoms with Crippen molar-refractivity contribution in [1.82, 2.24) is 4.98 Å². The highest BCUT2D eigenvalue weighted by Gasteiger charge is 2.12. The van der Waals surface area contributed by atoms with Crippen LogP contribution in [0, 0.1) is 9.39 Å². The fourth-order valence-electron chi connectivity index (χ4n) is 3.06. The Morgan fingerprint density at radius 2 is 1.76 bits per heavy atom. The van der Waals surface area contributed by atoms with Gasteiger partial charge in [0.05, 0.1) is 9.26 Å². The Balaban J connectivity index is 1.68. The van der Waals surface area contributed by atoms with Crippen molar-refractivity contribution < 1.29 is 18.7 Å². The van der Waals surface area contributed by atoms with Gasteiger partial charge in [-0.2, -0.15) is 0 Å². The van der Waals surface area contributed by atoms with Gasteiger partial charge < -0.3 is 15.2 Å². The monoisotopic (exact) mass is 574 g/mol. The second-order valence-corrected chi connectivity index (χ2v) is 8.61. The zero-order valence-electron chi connectivity index (χ0n) is 17.1. The molecule has 5 nitrogen and oxygen atoms in total. The number of halogens is 3. The standard InChI is InChI=1S/C25H17ClFIN2O3/c26-17-5-11-24(20(28)13-17)32-14-16-12-15(21-2-1-3-22(30-21)25(29)31)4-10-23(16)33-19-8-6-18(27)7-9-19/h1-13H,14H2,(H2,29,31). The van der Waals surface area contributed by atoms with E-state index in [1.54, 1.807) is 48.5 Å². The minimum absolute atomic E-state index is 0.174. The van der Waals surface area contributed by atoms with E-state index in [0.717, 1.165) is 14.7 Å². The third-order valence-electron chi connectivity index (χ3n) is 4.68. The van der Waals surface area contributed by atoms with Crippen molar-refractivity contribution >= 4 is 40.1 Å². The lowest BCUT2D eigenvalue weighted by Crippen LogP contribution is -2.13. The number of nitrogens with two attached hydrogens (primary N) is 1. The van der Waals surface area contributed by atoms with E-state index >= 15 is 0 Å². The summed E-state index contributed by atoms with van der Waals surface area (Å²) in [7, 11) is 0. The molecule has 0 atom stereocenters. The first-order chi connectivity index (χ1) is 15.9. The van der Waals surface area contributed by atoms with Gasteiger partial charge in [-0.05, 0) is 95.4 Å². The molecule has 0 aliphatic rings. The lowest BCUT2D eigenvalue weighted by Gasteiger charge is -2.15. The van der Waals surface area contributed by atoms with Gasteiger partial charge in [0.1, 0.15) is 35.4 Å². The average molecular weight is 575 g/mol. The lowest BCUT2D eigenvalue weighted by atomic mass is 10.1. The summed E-state index contributed by atoms with van der Waals surface area (Å²) in [6.45, 7) is 0.192. The lowest BCUT2D eigenvalue weighted by molar-refractivity contribution is 0.0995. The van der Waals surface area contributed by atoms with Crippen LogP contribution in [0.25, 0.3) is 11.3 Å². The number of hydrogen-bond acceptors (Lipinski definition) is 4. The number of hydrogen-bond donors (Lipinski definition) is 1. The first-order valence-corrected chi connectivity index (χ1v) is 11.3. The molecule has 0 radical (unpaired) electrons. The van der Waals surface area contributed by atoms with Gasteiger partial charge in [0, 0.05) is 16.1 Å². The number of amides is 1. The van der Waals surface area contributed by atoms with Crippen LogP contribution in [-0.2, 0) is 6.61 Å². The Morgan fingerprint density at radius 1 is 1.00 bits per heavy atom. The Morgan fingerprint density at radius 3 is 2.48 bits per heavy atom. The van der Waals surface area contributed by atoms with Crippen molar-refractivity contribution in [3.8, 4) is 28.5 Å². The molecule has 0 fully saturated rings. The van der Waals surface area contributed by atoms with E-state index in [9.17, 15) is 9.18 Å². The summed E-state index contributed by atoms with van der Waals surface area (Å²) in [4.78, 5) is 15.9. The summed E-state index contributed by atoms with van der Waals surface area (Å²) in [5.41, 5.74) is 7.62. The van der Waals surface area contributed by atoms with E-state index in [1.807, 2.05) is 18.2 Å². The molecule has 33 heavy (non-hydrogen) atoms. The van der Waals surface area contributed by atoms with Crippen LogP contribution in [0.5, 0.6) is 17.2 Å². The number of aromatic nitrogens is 1. The third-order valence-corrected chi connectivity index (χ3v) is 5.75. The van der Waals surface area contributed by atoms with Gasteiger partial charge in [0.15, 0.2) is 0 Å². The van der Waals surface area contributed by atoms with Crippen LogP contribution in [0.4, 0.5) is 4.39 Å². The van der Waals surface area contributed by atoms with Gasteiger partial charge in [-0.1, -0.05) is 17.7 Å². The van der Waals surface area contributed by atoms with Gasteiger partial charge in [-0.15, -0.1) is 0 Å². The van der Waals surface area contributed by atoms with Crippen molar-refractivity contribution in [3.63, 3.8) is 0 Å². The Hall–Kier alpha value is -3.17. The number of ether oxygens (including phenoxy) is 2. The number of benzene rings is 3. The van der Waals surface area contributed by atoms with E-state index in [1.165, 1.54) is 12.1 Å².